The first-order valence-corrected chi connectivity index (χ1v) is 46.8. The Balaban J connectivity index is 0.000000146. The Morgan fingerprint density at radius 3 is 0.919 bits per heavy atom. The van der Waals surface area contributed by atoms with Crippen molar-refractivity contribution in [2.75, 3.05) is 9.80 Å². The van der Waals surface area contributed by atoms with Crippen molar-refractivity contribution >= 4 is 88.8 Å². The van der Waals surface area contributed by atoms with Gasteiger partial charge in [0, 0.05) is 55.2 Å². The van der Waals surface area contributed by atoms with Crippen LogP contribution in [0.15, 0.2) is 543 Å². The van der Waals surface area contributed by atoms with E-state index < -0.39 is 10.8 Å². The van der Waals surface area contributed by atoms with Crippen molar-refractivity contribution in [2.24, 2.45) is 0 Å². The summed E-state index contributed by atoms with van der Waals surface area (Å²) in [6, 6.07) is 194. The number of fused-ring (bicyclic) bond motifs is 13. The maximum absolute atomic E-state index is 6.50. The van der Waals surface area contributed by atoms with Gasteiger partial charge in [-0.25, -0.2) is 0 Å². The maximum atomic E-state index is 6.50. The van der Waals surface area contributed by atoms with E-state index in [1.54, 1.807) is 0 Å². The molecule has 2 heterocycles. The van der Waals surface area contributed by atoms with Crippen molar-refractivity contribution < 1.29 is 8.83 Å². The van der Waals surface area contributed by atoms with Crippen molar-refractivity contribution in [2.45, 2.75) is 10.8 Å². The van der Waals surface area contributed by atoms with Gasteiger partial charge in [0.1, 0.15) is 22.3 Å². The Bertz CT molecular complexity index is 8540. The van der Waals surface area contributed by atoms with Crippen LogP contribution in [0, 0.1) is 0 Å². The lowest BCUT2D eigenvalue weighted by molar-refractivity contribution is 0.668. The second-order valence-electron chi connectivity index (χ2n) is 35.5. The summed E-state index contributed by atoms with van der Waals surface area (Å²) in [6.45, 7) is 0. The summed E-state index contributed by atoms with van der Waals surface area (Å²) in [5.74, 6) is 0. The molecular formula is C132H88N2O2. The number of hydrogen-bond donors (Lipinski definition) is 0. The molecule has 0 unspecified atom stereocenters. The Morgan fingerprint density at radius 2 is 0.449 bits per heavy atom. The molecule has 2 aliphatic carbocycles. The quantitative estimate of drug-likeness (QED) is 0.0910. The van der Waals surface area contributed by atoms with E-state index in [2.05, 4.69) is 519 Å². The minimum Gasteiger partial charge on any atom is -0.456 e. The molecule has 4 nitrogen and oxygen atoms in total. The highest BCUT2D eigenvalue weighted by atomic mass is 16.3. The van der Waals surface area contributed by atoms with E-state index >= 15 is 0 Å². The number of rotatable bonds is 17. The third-order valence-corrected chi connectivity index (χ3v) is 28.2. The number of furan rings is 2. The molecule has 22 aromatic carbocycles. The predicted molar refractivity (Wildman–Crippen MR) is 567 cm³/mol. The molecule has 136 heavy (non-hydrogen) atoms. The standard InChI is InChI=1S/C71H47NO.C61H41NO/c1-3-20-55(21-4-1)71(56-22-5-2-6-23-56)64-29-13-9-27-63(64)70-62(28-17-30-65(70)71)59-25-11-15-32-67(59)72(66-31-14-10-24-58(66)54-42-45-61-60-26-12-16-33-68(60)73-69(61)47-54)57-43-40-50(41-44-57)49-34-36-51(37-35-49)53-39-38-48-18-7-8-19-52(48)46-53;1-4-17-42(18-5-1)43-31-33-44(34-32-43)45-35-38-49(39-36-45)62(56-28-14-11-23-50(56)46-37-40-52-51-24-12-15-30-58(51)63-59(52)41-46)57-29-16-27-55-60(57)53-25-10-13-26-54(53)61(55,47-19-6-2-7-20-47)48-21-8-3-9-22-48/h1-47H;1-41H. The zero-order chi connectivity index (χ0) is 90.0. The molecule has 0 spiro atoms. The molecule has 0 fully saturated rings. The minimum absolute atomic E-state index is 0.523. The molecule has 2 aromatic heterocycles. The first-order chi connectivity index (χ1) is 67.5. The van der Waals surface area contributed by atoms with Crippen LogP contribution in [0.25, 0.3) is 155 Å². The van der Waals surface area contributed by atoms with E-state index in [1.807, 2.05) is 24.3 Å². The van der Waals surface area contributed by atoms with E-state index in [-0.39, 0.29) is 0 Å². The fraction of sp³-hybridized carbons (Fsp3) is 0.0152. The van der Waals surface area contributed by atoms with Crippen molar-refractivity contribution in [1.29, 1.82) is 0 Å². The zero-order valence-corrected chi connectivity index (χ0v) is 74.5. The van der Waals surface area contributed by atoms with E-state index in [4.69, 9.17) is 8.83 Å². The van der Waals surface area contributed by atoms with Gasteiger partial charge >= 0.3 is 0 Å². The monoisotopic (exact) mass is 1730 g/mol. The fourth-order valence-corrected chi connectivity index (χ4v) is 22.0. The molecule has 0 aliphatic heterocycles. The van der Waals surface area contributed by atoms with Gasteiger partial charge in [0.05, 0.1) is 33.6 Å². The molecule has 2 aliphatic rings. The van der Waals surface area contributed by atoms with Crippen LogP contribution in [0.2, 0.25) is 0 Å². The normalized spacial score (nSPS) is 12.5. The lowest BCUT2D eigenvalue weighted by atomic mass is 9.67. The number of hydrogen-bond acceptors (Lipinski definition) is 4. The summed E-state index contributed by atoms with van der Waals surface area (Å²) in [5, 5.41) is 6.98. The Hall–Kier alpha value is -17.7. The molecule has 0 saturated heterocycles. The van der Waals surface area contributed by atoms with Gasteiger partial charge in [0.2, 0.25) is 0 Å². The van der Waals surface area contributed by atoms with Gasteiger partial charge in [0.25, 0.3) is 0 Å². The highest BCUT2D eigenvalue weighted by molar-refractivity contribution is 6.10. The number of para-hydroxylation sites is 5. The molecule has 0 radical (unpaired) electrons. The molecule has 4 heteroatoms. The van der Waals surface area contributed by atoms with Crippen LogP contribution in [0.3, 0.4) is 0 Å². The van der Waals surface area contributed by atoms with Crippen molar-refractivity contribution in [3.05, 3.63) is 578 Å². The minimum atomic E-state index is -0.530. The van der Waals surface area contributed by atoms with E-state index in [0.29, 0.717) is 0 Å². The van der Waals surface area contributed by atoms with Gasteiger partial charge in [-0.15, -0.1) is 0 Å². The summed E-state index contributed by atoms with van der Waals surface area (Å²) in [5.41, 5.74) is 40.2. The molecule has 24 aromatic rings. The predicted octanol–water partition coefficient (Wildman–Crippen LogP) is 35.7. The molecule has 0 amide bonds. The lowest BCUT2D eigenvalue weighted by Gasteiger charge is -2.34. The Labute approximate surface area is 791 Å². The van der Waals surface area contributed by atoms with E-state index in [1.165, 1.54) is 116 Å². The summed E-state index contributed by atoms with van der Waals surface area (Å²) in [6.07, 6.45) is 0. The molecule has 0 atom stereocenters. The average Bonchev–Trinajstić information content (AvgIpc) is 1.53. The topological polar surface area (TPSA) is 32.8 Å². The van der Waals surface area contributed by atoms with Gasteiger partial charge < -0.3 is 18.6 Å². The summed E-state index contributed by atoms with van der Waals surface area (Å²) in [7, 11) is 0. The number of benzene rings is 22. The van der Waals surface area contributed by atoms with Crippen molar-refractivity contribution in [3.63, 3.8) is 0 Å². The van der Waals surface area contributed by atoms with Crippen LogP contribution in [-0.4, -0.2) is 0 Å². The third kappa shape index (κ3) is 13.6. The molecule has 638 valence electrons. The number of nitrogens with zero attached hydrogens (tertiary/aromatic N) is 2. The lowest BCUT2D eigenvalue weighted by Crippen LogP contribution is -2.28. The first-order valence-electron chi connectivity index (χ1n) is 46.8. The highest BCUT2D eigenvalue weighted by Gasteiger charge is 2.49. The van der Waals surface area contributed by atoms with Crippen LogP contribution in [0.1, 0.15) is 44.5 Å². The Morgan fingerprint density at radius 1 is 0.154 bits per heavy atom. The second kappa shape index (κ2) is 33.9. The highest BCUT2D eigenvalue weighted by Crippen LogP contribution is 2.63. The van der Waals surface area contributed by atoms with Gasteiger partial charge in [-0.3, -0.25) is 0 Å². The van der Waals surface area contributed by atoms with E-state index in [9.17, 15) is 0 Å². The zero-order valence-electron chi connectivity index (χ0n) is 74.5. The average molecular weight is 1730 g/mol. The van der Waals surface area contributed by atoms with Gasteiger partial charge in [-0.2, -0.15) is 0 Å². The maximum Gasteiger partial charge on any atom is 0.136 e. The molecule has 0 bridgehead atoms. The molecule has 26 rings (SSSR count). The smallest absolute Gasteiger partial charge is 0.136 e. The van der Waals surface area contributed by atoms with Crippen LogP contribution >= 0.6 is 0 Å². The summed E-state index contributed by atoms with van der Waals surface area (Å²) >= 11 is 0. The van der Waals surface area contributed by atoms with Crippen molar-refractivity contribution in [1.82, 2.24) is 0 Å². The summed E-state index contributed by atoms with van der Waals surface area (Å²) < 4.78 is 13.0. The van der Waals surface area contributed by atoms with Gasteiger partial charge in [0.15, 0.2) is 0 Å². The van der Waals surface area contributed by atoms with Crippen LogP contribution in [0.4, 0.5) is 34.1 Å². The molecular weight excluding hydrogens is 1650 g/mol. The first kappa shape index (κ1) is 80.4. The largest absolute Gasteiger partial charge is 0.456 e. The van der Waals surface area contributed by atoms with E-state index in [0.717, 1.165) is 117 Å². The molecule has 0 N–H and O–H groups in total. The van der Waals surface area contributed by atoms with Crippen LogP contribution < -0.4 is 9.80 Å². The Kier molecular flexibility index (Phi) is 20.0. The third-order valence-electron chi connectivity index (χ3n) is 28.2. The SMILES string of the molecule is c1ccc(-c2ccc(-c3ccc(N(c4ccccc4-c4ccc5c(c4)oc4ccccc45)c4cccc5c4-c4ccccc4C5(c4ccccc4)c4ccccc4)cc3)cc2)cc1.c1ccc(C2(c3ccccc3)c3ccccc3-c3c(-c4ccccc4N(c4ccc(-c5ccc(-c6ccc7ccccc7c6)cc5)cc4)c4ccccc4-c4ccc5c(c4)oc4ccccc45)cccc32)cc1. The van der Waals surface area contributed by atoms with Gasteiger partial charge in [-0.05, 0) is 224 Å². The van der Waals surface area contributed by atoms with Crippen molar-refractivity contribution in [3.8, 4) is 100 Å². The van der Waals surface area contributed by atoms with Crippen LogP contribution in [-0.2, 0) is 10.8 Å². The fourth-order valence-electron chi connectivity index (χ4n) is 22.0. The number of anilines is 6. The second-order valence-corrected chi connectivity index (χ2v) is 35.5. The van der Waals surface area contributed by atoms with Gasteiger partial charge in [-0.1, -0.05) is 443 Å². The molecule has 0 saturated carbocycles. The van der Waals surface area contributed by atoms with Crippen LogP contribution in [0.5, 0.6) is 0 Å². The summed E-state index contributed by atoms with van der Waals surface area (Å²) in [4.78, 5) is 4.93.